The molecule has 21 heavy (non-hydrogen) atoms. The molecule has 0 saturated carbocycles. The third-order valence-corrected chi connectivity index (χ3v) is 4.04. The molecule has 0 aliphatic carbocycles. The Hall–Kier alpha value is -0.690. The third-order valence-electron chi connectivity index (χ3n) is 3.43. The third kappa shape index (κ3) is 5.21. The fourth-order valence-corrected chi connectivity index (χ4v) is 2.69. The second-order valence-electron chi connectivity index (χ2n) is 5.29. The van der Waals surface area contributed by atoms with Gasteiger partial charge >= 0.3 is 0 Å². The highest BCUT2D eigenvalue weighted by Crippen LogP contribution is 2.23. The predicted octanol–water partition coefficient (Wildman–Crippen LogP) is 2.87. The first-order chi connectivity index (χ1) is 10.1. The Labute approximate surface area is 132 Å². The zero-order chi connectivity index (χ0) is 15.2. The van der Waals surface area contributed by atoms with Gasteiger partial charge in [0.1, 0.15) is 5.82 Å². The molecule has 0 spiro atoms. The van der Waals surface area contributed by atoms with E-state index in [4.69, 9.17) is 9.47 Å². The Balaban J connectivity index is 1.70. The zero-order valence-corrected chi connectivity index (χ0v) is 13.7. The zero-order valence-electron chi connectivity index (χ0n) is 12.1. The molecule has 1 fully saturated rings. The Morgan fingerprint density at radius 1 is 1.57 bits per heavy atom. The van der Waals surface area contributed by atoms with Gasteiger partial charge in [-0.3, -0.25) is 0 Å². The van der Waals surface area contributed by atoms with Crippen LogP contribution in [0.5, 0.6) is 0 Å². The van der Waals surface area contributed by atoms with Crippen LogP contribution in [0, 0.1) is 12.7 Å². The summed E-state index contributed by atoms with van der Waals surface area (Å²) in [7, 11) is 0. The number of hydrogen-bond acceptors (Lipinski definition) is 4. The highest BCUT2D eigenvalue weighted by atomic mass is 79.9. The fourth-order valence-electron chi connectivity index (χ4n) is 2.23. The number of nitrogens with one attached hydrogen (secondary N) is 1. The molecule has 1 aromatic rings. The molecule has 6 heteroatoms. The van der Waals surface area contributed by atoms with Gasteiger partial charge < -0.3 is 19.9 Å². The van der Waals surface area contributed by atoms with Crippen LogP contribution < -0.4 is 5.32 Å². The summed E-state index contributed by atoms with van der Waals surface area (Å²) < 4.78 is 24.8. The Morgan fingerprint density at radius 2 is 2.38 bits per heavy atom. The van der Waals surface area contributed by atoms with Gasteiger partial charge in [0.15, 0.2) is 0 Å². The molecule has 0 radical (unpaired) electrons. The number of rotatable bonds is 7. The van der Waals surface area contributed by atoms with Crippen molar-refractivity contribution in [1.82, 2.24) is 0 Å². The number of anilines is 1. The van der Waals surface area contributed by atoms with Gasteiger partial charge in [0.25, 0.3) is 0 Å². The number of ether oxygens (including phenoxy) is 2. The van der Waals surface area contributed by atoms with E-state index in [2.05, 4.69) is 21.2 Å². The Morgan fingerprint density at radius 3 is 3.10 bits per heavy atom. The minimum absolute atomic E-state index is 0.160. The average molecular weight is 362 g/mol. The van der Waals surface area contributed by atoms with Gasteiger partial charge in [-0.15, -0.1) is 0 Å². The summed E-state index contributed by atoms with van der Waals surface area (Å²) >= 11 is 3.14. The number of aliphatic hydroxyl groups excluding tert-OH is 1. The summed E-state index contributed by atoms with van der Waals surface area (Å²) in [6.45, 7) is 3.75. The topological polar surface area (TPSA) is 50.7 Å². The molecular weight excluding hydrogens is 341 g/mol. The second kappa shape index (κ2) is 8.08. The number of halogens is 2. The van der Waals surface area contributed by atoms with E-state index in [1.54, 1.807) is 6.07 Å². The summed E-state index contributed by atoms with van der Waals surface area (Å²) in [5.41, 5.74) is 1.59. The van der Waals surface area contributed by atoms with E-state index < -0.39 is 6.10 Å². The molecule has 1 heterocycles. The lowest BCUT2D eigenvalue weighted by Gasteiger charge is -2.16. The van der Waals surface area contributed by atoms with Crippen LogP contribution >= 0.6 is 15.9 Å². The van der Waals surface area contributed by atoms with E-state index >= 15 is 0 Å². The predicted molar refractivity (Wildman–Crippen MR) is 83.1 cm³/mol. The first-order valence-electron chi connectivity index (χ1n) is 7.13. The molecule has 1 saturated heterocycles. The van der Waals surface area contributed by atoms with Crippen molar-refractivity contribution in [3.63, 3.8) is 0 Å². The monoisotopic (exact) mass is 361 g/mol. The minimum Gasteiger partial charge on any atom is -0.389 e. The molecule has 2 atom stereocenters. The number of aryl methyl sites for hydroxylation is 1. The molecule has 1 aromatic carbocycles. The molecule has 0 bridgehead atoms. The number of aliphatic hydroxyl groups is 1. The van der Waals surface area contributed by atoms with Crippen molar-refractivity contribution < 1.29 is 19.0 Å². The van der Waals surface area contributed by atoms with E-state index in [1.807, 2.05) is 6.92 Å². The fraction of sp³-hybridized carbons (Fsp3) is 0.600. The average Bonchev–Trinajstić information content (AvgIpc) is 2.94. The summed E-state index contributed by atoms with van der Waals surface area (Å²) in [5.74, 6) is -0.327. The molecule has 1 aliphatic rings. The Bertz CT molecular complexity index is 466. The number of benzene rings is 1. The van der Waals surface area contributed by atoms with Crippen molar-refractivity contribution in [1.29, 1.82) is 0 Å². The summed E-state index contributed by atoms with van der Waals surface area (Å²) in [6, 6.07) is 3.12. The van der Waals surface area contributed by atoms with Crippen LogP contribution in [0.15, 0.2) is 16.6 Å². The van der Waals surface area contributed by atoms with Crippen molar-refractivity contribution in [2.75, 3.05) is 31.7 Å². The lowest BCUT2D eigenvalue weighted by Crippen LogP contribution is -2.27. The van der Waals surface area contributed by atoms with Crippen LogP contribution in [0.3, 0.4) is 0 Å². The van der Waals surface area contributed by atoms with E-state index in [0.717, 1.165) is 25.0 Å². The van der Waals surface area contributed by atoms with Gasteiger partial charge in [0.05, 0.1) is 29.9 Å². The van der Waals surface area contributed by atoms with Gasteiger partial charge in [0.2, 0.25) is 0 Å². The van der Waals surface area contributed by atoms with E-state index in [0.29, 0.717) is 23.3 Å². The van der Waals surface area contributed by atoms with Gasteiger partial charge in [-0.2, -0.15) is 0 Å². The van der Waals surface area contributed by atoms with Gasteiger partial charge in [-0.1, -0.05) is 0 Å². The quantitative estimate of drug-likeness (QED) is 0.783. The molecule has 0 amide bonds. The van der Waals surface area contributed by atoms with Crippen LogP contribution in [-0.2, 0) is 9.47 Å². The van der Waals surface area contributed by atoms with Crippen LogP contribution in [-0.4, -0.2) is 43.7 Å². The molecule has 0 aromatic heterocycles. The standard InChI is InChI=1S/C15H21BrFNO3/c1-10-5-13(16)14(17)6-15(10)18-7-11(19)8-20-9-12-3-2-4-21-12/h5-6,11-12,18-19H,2-4,7-9H2,1H3. The maximum atomic E-state index is 13.5. The molecule has 2 unspecified atom stereocenters. The second-order valence-corrected chi connectivity index (χ2v) is 6.14. The maximum absolute atomic E-state index is 13.5. The summed E-state index contributed by atoms with van der Waals surface area (Å²) in [4.78, 5) is 0. The molecule has 2 N–H and O–H groups in total. The van der Waals surface area contributed by atoms with Crippen molar-refractivity contribution in [3.8, 4) is 0 Å². The Kier molecular flexibility index (Phi) is 6.41. The van der Waals surface area contributed by atoms with E-state index in [9.17, 15) is 9.50 Å². The van der Waals surface area contributed by atoms with E-state index in [-0.39, 0.29) is 18.5 Å². The van der Waals surface area contributed by atoms with Crippen molar-refractivity contribution >= 4 is 21.6 Å². The van der Waals surface area contributed by atoms with Crippen LogP contribution in [0.25, 0.3) is 0 Å². The van der Waals surface area contributed by atoms with Gasteiger partial charge in [-0.05, 0) is 53.4 Å². The maximum Gasteiger partial charge on any atom is 0.139 e. The minimum atomic E-state index is -0.641. The largest absolute Gasteiger partial charge is 0.389 e. The molecule has 1 aliphatic heterocycles. The van der Waals surface area contributed by atoms with Crippen molar-refractivity contribution in [3.05, 3.63) is 28.0 Å². The van der Waals surface area contributed by atoms with Crippen LogP contribution in [0.1, 0.15) is 18.4 Å². The molecule has 118 valence electrons. The smallest absolute Gasteiger partial charge is 0.139 e. The first kappa shape index (κ1) is 16.7. The van der Waals surface area contributed by atoms with Gasteiger partial charge in [-0.25, -0.2) is 4.39 Å². The molecule has 4 nitrogen and oxygen atoms in total. The van der Waals surface area contributed by atoms with Crippen molar-refractivity contribution in [2.24, 2.45) is 0 Å². The molecular formula is C15H21BrFNO3. The SMILES string of the molecule is Cc1cc(Br)c(F)cc1NCC(O)COCC1CCCO1. The van der Waals surface area contributed by atoms with Crippen LogP contribution in [0.2, 0.25) is 0 Å². The van der Waals surface area contributed by atoms with Crippen LogP contribution in [0.4, 0.5) is 10.1 Å². The van der Waals surface area contributed by atoms with E-state index in [1.165, 1.54) is 6.07 Å². The summed E-state index contributed by atoms with van der Waals surface area (Å²) in [5, 5.41) is 12.9. The van der Waals surface area contributed by atoms with Crippen molar-refractivity contribution in [2.45, 2.75) is 32.0 Å². The summed E-state index contributed by atoms with van der Waals surface area (Å²) in [6.07, 6.45) is 1.61. The lowest BCUT2D eigenvalue weighted by molar-refractivity contribution is -0.0137. The lowest BCUT2D eigenvalue weighted by atomic mass is 10.2. The van der Waals surface area contributed by atoms with Gasteiger partial charge in [0, 0.05) is 18.8 Å². The highest BCUT2D eigenvalue weighted by molar-refractivity contribution is 9.10. The first-order valence-corrected chi connectivity index (χ1v) is 7.92. The number of hydrogen-bond donors (Lipinski definition) is 2. The molecule has 2 rings (SSSR count). The highest BCUT2D eigenvalue weighted by Gasteiger charge is 2.16. The normalized spacial score (nSPS) is 19.7.